The van der Waals surface area contributed by atoms with Gasteiger partial charge in [-0.25, -0.2) is 9.78 Å². The van der Waals surface area contributed by atoms with Gasteiger partial charge in [-0.15, -0.1) is 0 Å². The molecule has 1 aliphatic heterocycles. The van der Waals surface area contributed by atoms with E-state index in [-0.39, 0.29) is 46.8 Å². The number of amides is 3. The lowest BCUT2D eigenvalue weighted by Gasteiger charge is -2.39. The Kier molecular flexibility index (Phi) is 9.79. The fraction of sp³-hybridized carbons (Fsp3) is 0.485. The number of hydrogen-bond donors (Lipinski definition) is 2. The number of urea groups is 1. The maximum Gasteiger partial charge on any atom is 0.330 e. The first kappa shape index (κ1) is 32.9. The fourth-order valence-corrected chi connectivity index (χ4v) is 7.93. The minimum absolute atomic E-state index is 0.0866. The Balaban J connectivity index is 1.33. The SMILES string of the molecule is C=CC(=O)N[C@H]1CC(C2CCCC2)CC[C@H]1Nc1ncc2c(n1)N(Cc1ccn(C)n1)C(=O)N(c1c(Cl)c(OC)cc(OC)c1Cl)C2. The Morgan fingerprint density at radius 3 is 2.45 bits per heavy atom. The van der Waals surface area contributed by atoms with Crippen LogP contribution >= 0.6 is 23.2 Å². The van der Waals surface area contributed by atoms with Crippen LogP contribution in [0.3, 0.4) is 0 Å². The van der Waals surface area contributed by atoms with Gasteiger partial charge in [0.15, 0.2) is 0 Å². The molecule has 0 bridgehead atoms. The molecule has 1 unspecified atom stereocenters. The number of hydrogen-bond acceptors (Lipinski definition) is 8. The molecular weight excluding hydrogens is 643 g/mol. The smallest absolute Gasteiger partial charge is 0.330 e. The zero-order valence-electron chi connectivity index (χ0n) is 26.8. The Bertz CT molecular complexity index is 1630. The molecule has 6 rings (SSSR count). The van der Waals surface area contributed by atoms with E-state index in [0.29, 0.717) is 46.4 Å². The van der Waals surface area contributed by atoms with Crippen molar-refractivity contribution in [3.8, 4) is 11.5 Å². The summed E-state index contributed by atoms with van der Waals surface area (Å²) in [6.45, 7) is 3.90. The van der Waals surface area contributed by atoms with Crippen molar-refractivity contribution in [1.82, 2.24) is 25.1 Å². The predicted octanol–water partition coefficient (Wildman–Crippen LogP) is 6.12. The van der Waals surface area contributed by atoms with Gasteiger partial charge in [0.2, 0.25) is 11.9 Å². The number of aryl methyl sites for hydroxylation is 1. The van der Waals surface area contributed by atoms with Gasteiger partial charge in [-0.3, -0.25) is 19.3 Å². The second kappa shape index (κ2) is 14.0. The molecule has 3 atom stereocenters. The van der Waals surface area contributed by atoms with Crippen molar-refractivity contribution < 1.29 is 19.1 Å². The number of anilines is 3. The maximum absolute atomic E-state index is 14.4. The van der Waals surface area contributed by atoms with Crippen molar-refractivity contribution in [3.05, 3.63) is 58.5 Å². The van der Waals surface area contributed by atoms with Crippen LogP contribution in [0.25, 0.3) is 0 Å². The van der Waals surface area contributed by atoms with E-state index in [1.807, 2.05) is 19.3 Å². The summed E-state index contributed by atoms with van der Waals surface area (Å²) >= 11 is 13.5. The van der Waals surface area contributed by atoms with Crippen molar-refractivity contribution in [2.24, 2.45) is 18.9 Å². The molecule has 250 valence electrons. The maximum atomic E-state index is 14.4. The highest BCUT2D eigenvalue weighted by Gasteiger charge is 2.39. The van der Waals surface area contributed by atoms with Crippen LogP contribution in [-0.2, 0) is 24.9 Å². The van der Waals surface area contributed by atoms with Crippen LogP contribution in [0.5, 0.6) is 11.5 Å². The van der Waals surface area contributed by atoms with Crippen molar-refractivity contribution in [1.29, 1.82) is 0 Å². The average Bonchev–Trinajstić information content (AvgIpc) is 3.76. The normalized spacial score (nSPS) is 21.4. The Morgan fingerprint density at radius 2 is 1.81 bits per heavy atom. The number of carbonyl (C=O) groups is 2. The van der Waals surface area contributed by atoms with Gasteiger partial charge in [0, 0.05) is 43.2 Å². The fourth-order valence-electron chi connectivity index (χ4n) is 7.22. The molecule has 47 heavy (non-hydrogen) atoms. The molecule has 2 fully saturated rings. The Morgan fingerprint density at radius 1 is 1.09 bits per heavy atom. The molecule has 14 heteroatoms. The second-order valence-corrected chi connectivity index (χ2v) is 13.2. The molecular formula is C33H40Cl2N8O4. The minimum atomic E-state index is -0.403. The van der Waals surface area contributed by atoms with E-state index < -0.39 is 6.03 Å². The van der Waals surface area contributed by atoms with E-state index >= 15 is 0 Å². The number of nitrogens with one attached hydrogen (secondary N) is 2. The lowest BCUT2D eigenvalue weighted by molar-refractivity contribution is -0.117. The highest BCUT2D eigenvalue weighted by atomic mass is 35.5. The van der Waals surface area contributed by atoms with Gasteiger partial charge in [-0.1, -0.05) is 55.5 Å². The Hall–Kier alpha value is -4.03. The van der Waals surface area contributed by atoms with Crippen LogP contribution in [0.2, 0.25) is 10.0 Å². The number of nitrogens with zero attached hydrogens (tertiary/aromatic N) is 6. The second-order valence-electron chi connectivity index (χ2n) is 12.4. The molecule has 0 saturated heterocycles. The van der Waals surface area contributed by atoms with Gasteiger partial charge in [-0.2, -0.15) is 10.1 Å². The molecule has 0 spiro atoms. The molecule has 0 radical (unpaired) electrons. The van der Waals surface area contributed by atoms with Gasteiger partial charge >= 0.3 is 6.03 Å². The third-order valence-electron chi connectivity index (χ3n) is 9.58. The zero-order chi connectivity index (χ0) is 33.2. The minimum Gasteiger partial charge on any atom is -0.495 e. The van der Waals surface area contributed by atoms with Crippen molar-refractivity contribution >= 4 is 52.6 Å². The van der Waals surface area contributed by atoms with Crippen LogP contribution in [0.4, 0.5) is 22.2 Å². The van der Waals surface area contributed by atoms with Crippen LogP contribution in [0.15, 0.2) is 37.2 Å². The lowest BCUT2D eigenvalue weighted by atomic mass is 9.75. The summed E-state index contributed by atoms with van der Waals surface area (Å²) in [6, 6.07) is 2.83. The number of benzene rings is 1. The number of halogens is 2. The van der Waals surface area contributed by atoms with E-state index in [0.717, 1.165) is 19.3 Å². The predicted molar refractivity (Wildman–Crippen MR) is 181 cm³/mol. The van der Waals surface area contributed by atoms with Crippen LogP contribution in [0, 0.1) is 11.8 Å². The molecule has 3 heterocycles. The number of fused-ring (bicyclic) bond motifs is 1. The van der Waals surface area contributed by atoms with E-state index in [1.54, 1.807) is 21.8 Å². The molecule has 2 aliphatic carbocycles. The molecule has 12 nitrogen and oxygen atoms in total. The number of aromatic nitrogens is 4. The van der Waals surface area contributed by atoms with E-state index in [2.05, 4.69) is 27.3 Å². The topological polar surface area (TPSA) is 127 Å². The summed E-state index contributed by atoms with van der Waals surface area (Å²) in [7, 11) is 4.78. The third kappa shape index (κ3) is 6.71. The number of carbonyl (C=O) groups excluding carboxylic acids is 2. The van der Waals surface area contributed by atoms with Crippen molar-refractivity contribution in [2.45, 2.75) is 70.1 Å². The monoisotopic (exact) mass is 682 g/mol. The summed E-state index contributed by atoms with van der Waals surface area (Å²) in [5.41, 5.74) is 1.61. The summed E-state index contributed by atoms with van der Waals surface area (Å²) < 4.78 is 12.6. The first-order valence-electron chi connectivity index (χ1n) is 15.9. The average molecular weight is 684 g/mol. The molecule has 3 aliphatic rings. The molecule has 2 N–H and O–H groups in total. The summed E-state index contributed by atoms with van der Waals surface area (Å²) in [5, 5.41) is 11.5. The van der Waals surface area contributed by atoms with Gasteiger partial charge in [0.05, 0.1) is 38.7 Å². The molecule has 2 aromatic heterocycles. The van der Waals surface area contributed by atoms with Crippen molar-refractivity contribution in [3.63, 3.8) is 0 Å². The first-order valence-corrected chi connectivity index (χ1v) is 16.7. The molecule has 3 amide bonds. The quantitative estimate of drug-likeness (QED) is 0.245. The summed E-state index contributed by atoms with van der Waals surface area (Å²) in [6.07, 6.45) is 12.7. The first-order chi connectivity index (χ1) is 22.7. The highest BCUT2D eigenvalue weighted by Crippen LogP contribution is 2.48. The third-order valence-corrected chi connectivity index (χ3v) is 10.3. The molecule has 2 saturated carbocycles. The zero-order valence-corrected chi connectivity index (χ0v) is 28.4. The number of methoxy groups -OCH3 is 2. The molecule has 1 aromatic carbocycles. The standard InChI is InChI=1S/C33H40Cl2N8O4/c1-5-27(44)37-24-14-20(19-8-6-7-9-19)10-11-23(24)38-32-36-16-21-17-42(30-28(34)25(46-3)15-26(47-4)29(30)35)33(45)43(31(21)39-32)18-22-12-13-41(2)40-22/h5,12-13,15-16,19-20,23-24H,1,6-11,14,17-18H2,2-4H3,(H,37,44)(H,36,38,39)/t20?,23-,24+/m1/s1. The van der Waals surface area contributed by atoms with Crippen LogP contribution < -0.4 is 29.9 Å². The van der Waals surface area contributed by atoms with Crippen LogP contribution in [-0.4, -0.2) is 58.0 Å². The summed E-state index contributed by atoms with van der Waals surface area (Å²) in [4.78, 5) is 39.4. The van der Waals surface area contributed by atoms with Gasteiger partial charge < -0.3 is 20.1 Å². The number of ether oxygens (including phenoxy) is 2. The largest absolute Gasteiger partial charge is 0.495 e. The molecule has 3 aromatic rings. The Labute approximate surface area is 284 Å². The van der Waals surface area contributed by atoms with E-state index in [9.17, 15) is 9.59 Å². The summed E-state index contributed by atoms with van der Waals surface area (Å²) in [5.74, 6) is 2.53. The van der Waals surface area contributed by atoms with Crippen LogP contribution in [0.1, 0.15) is 56.2 Å². The van der Waals surface area contributed by atoms with Gasteiger partial charge in [-0.05, 0) is 43.2 Å². The van der Waals surface area contributed by atoms with Gasteiger partial charge in [0.1, 0.15) is 27.4 Å². The van der Waals surface area contributed by atoms with E-state index in [1.165, 1.54) is 50.9 Å². The lowest BCUT2D eigenvalue weighted by Crippen LogP contribution is -2.51. The van der Waals surface area contributed by atoms with Crippen molar-refractivity contribution in [2.75, 3.05) is 29.3 Å². The number of rotatable bonds is 10. The highest BCUT2D eigenvalue weighted by molar-refractivity contribution is 6.42. The van der Waals surface area contributed by atoms with Gasteiger partial charge in [0.25, 0.3) is 0 Å². The van der Waals surface area contributed by atoms with E-state index in [4.69, 9.17) is 37.7 Å².